The molecule has 1 atom stereocenters. The summed E-state index contributed by atoms with van der Waals surface area (Å²) >= 11 is 0. The number of benzene rings is 1. The summed E-state index contributed by atoms with van der Waals surface area (Å²) in [5.41, 5.74) is 7.01. The van der Waals surface area contributed by atoms with E-state index in [1.165, 1.54) is 0 Å². The molecule has 104 valence electrons. The quantitative estimate of drug-likeness (QED) is 0.906. The number of halogens is 1. The standard InChI is InChI=1S/C14H20FN3O/c1-9(2)18(7-11-8-19-14(16)17-11)13-5-4-10(3)6-12(13)15/h4-6,9,11H,7-8H2,1-3H3,(H2,16,17)/t11-/m0/s1. The van der Waals surface area contributed by atoms with Gasteiger partial charge in [-0.05, 0) is 38.5 Å². The molecule has 0 fully saturated rings. The molecule has 0 aliphatic carbocycles. The van der Waals surface area contributed by atoms with Crippen LogP contribution in [-0.2, 0) is 4.74 Å². The summed E-state index contributed by atoms with van der Waals surface area (Å²) in [6, 6.07) is 5.63. The molecule has 0 saturated heterocycles. The number of rotatable bonds is 4. The third kappa shape index (κ3) is 3.16. The molecule has 2 N–H and O–H groups in total. The molecular weight excluding hydrogens is 245 g/mol. The first-order valence-corrected chi connectivity index (χ1v) is 6.46. The van der Waals surface area contributed by atoms with Gasteiger partial charge in [0.1, 0.15) is 18.5 Å². The molecule has 5 heteroatoms. The second-order valence-corrected chi connectivity index (χ2v) is 5.13. The summed E-state index contributed by atoms with van der Waals surface area (Å²) in [6.45, 7) is 6.99. The summed E-state index contributed by atoms with van der Waals surface area (Å²) in [5, 5.41) is 0. The Labute approximate surface area is 113 Å². The van der Waals surface area contributed by atoms with E-state index < -0.39 is 0 Å². The average Bonchev–Trinajstić information content (AvgIpc) is 2.72. The molecule has 1 heterocycles. The monoisotopic (exact) mass is 265 g/mol. The predicted molar refractivity (Wildman–Crippen MR) is 75.0 cm³/mol. The summed E-state index contributed by atoms with van der Waals surface area (Å²) < 4.78 is 19.2. The van der Waals surface area contributed by atoms with E-state index in [-0.39, 0.29) is 23.9 Å². The summed E-state index contributed by atoms with van der Waals surface area (Å²) in [4.78, 5) is 6.18. The maximum atomic E-state index is 14.1. The molecule has 1 aromatic rings. The van der Waals surface area contributed by atoms with E-state index in [2.05, 4.69) is 4.99 Å². The van der Waals surface area contributed by atoms with Gasteiger partial charge in [-0.15, -0.1) is 0 Å². The minimum Gasteiger partial charge on any atom is -0.463 e. The Morgan fingerprint density at radius 1 is 1.53 bits per heavy atom. The van der Waals surface area contributed by atoms with E-state index in [4.69, 9.17) is 10.5 Å². The van der Waals surface area contributed by atoms with E-state index >= 15 is 0 Å². The molecular formula is C14H20FN3O. The van der Waals surface area contributed by atoms with Crippen molar-refractivity contribution in [2.75, 3.05) is 18.1 Å². The fourth-order valence-electron chi connectivity index (χ4n) is 2.19. The number of amidine groups is 1. The van der Waals surface area contributed by atoms with Crippen LogP contribution in [0.15, 0.2) is 23.2 Å². The van der Waals surface area contributed by atoms with Crippen LogP contribution in [0.4, 0.5) is 10.1 Å². The molecule has 0 spiro atoms. The van der Waals surface area contributed by atoms with Gasteiger partial charge in [-0.2, -0.15) is 0 Å². The fourth-order valence-corrected chi connectivity index (χ4v) is 2.19. The summed E-state index contributed by atoms with van der Waals surface area (Å²) in [6.07, 6.45) is 0. The van der Waals surface area contributed by atoms with Gasteiger partial charge in [0.2, 0.25) is 0 Å². The molecule has 1 aromatic carbocycles. The normalized spacial score (nSPS) is 18.4. The van der Waals surface area contributed by atoms with Crippen molar-refractivity contribution in [1.82, 2.24) is 0 Å². The molecule has 0 aromatic heterocycles. The van der Waals surface area contributed by atoms with Crippen molar-refractivity contribution in [3.63, 3.8) is 0 Å². The Kier molecular flexibility index (Phi) is 3.93. The van der Waals surface area contributed by atoms with Crippen LogP contribution in [0.3, 0.4) is 0 Å². The molecule has 4 nitrogen and oxygen atoms in total. The molecule has 19 heavy (non-hydrogen) atoms. The summed E-state index contributed by atoms with van der Waals surface area (Å²) in [7, 11) is 0. The van der Waals surface area contributed by atoms with Gasteiger partial charge in [0, 0.05) is 12.6 Å². The second kappa shape index (κ2) is 5.47. The molecule has 1 aliphatic heterocycles. The topological polar surface area (TPSA) is 50.9 Å². The highest BCUT2D eigenvalue weighted by Gasteiger charge is 2.23. The highest BCUT2D eigenvalue weighted by atomic mass is 19.1. The smallest absolute Gasteiger partial charge is 0.282 e. The molecule has 0 saturated carbocycles. The molecule has 0 radical (unpaired) electrons. The van der Waals surface area contributed by atoms with Gasteiger partial charge in [-0.3, -0.25) is 0 Å². The third-order valence-corrected chi connectivity index (χ3v) is 3.18. The highest BCUT2D eigenvalue weighted by molar-refractivity contribution is 5.73. The minimum absolute atomic E-state index is 0.0388. The van der Waals surface area contributed by atoms with E-state index in [0.717, 1.165) is 5.56 Å². The average molecular weight is 265 g/mol. The predicted octanol–water partition coefficient (Wildman–Crippen LogP) is 2.06. The van der Waals surface area contributed by atoms with Gasteiger partial charge in [0.25, 0.3) is 6.02 Å². The first kappa shape index (κ1) is 13.6. The number of hydrogen-bond donors (Lipinski definition) is 1. The van der Waals surface area contributed by atoms with E-state index in [1.54, 1.807) is 6.07 Å². The van der Waals surface area contributed by atoms with Crippen molar-refractivity contribution in [3.05, 3.63) is 29.6 Å². The molecule has 0 amide bonds. The van der Waals surface area contributed by atoms with Crippen LogP contribution < -0.4 is 10.6 Å². The van der Waals surface area contributed by atoms with Crippen LogP contribution in [0.5, 0.6) is 0 Å². The van der Waals surface area contributed by atoms with Crippen LogP contribution in [-0.4, -0.2) is 31.3 Å². The number of hydrogen-bond acceptors (Lipinski definition) is 4. The zero-order chi connectivity index (χ0) is 14.0. The van der Waals surface area contributed by atoms with Gasteiger partial charge in [-0.25, -0.2) is 9.38 Å². The largest absolute Gasteiger partial charge is 0.463 e. The number of ether oxygens (including phenoxy) is 1. The second-order valence-electron chi connectivity index (χ2n) is 5.13. The number of anilines is 1. The van der Waals surface area contributed by atoms with Crippen molar-refractivity contribution >= 4 is 11.7 Å². The van der Waals surface area contributed by atoms with Crippen LogP contribution >= 0.6 is 0 Å². The lowest BCUT2D eigenvalue weighted by Crippen LogP contribution is -2.38. The zero-order valence-corrected chi connectivity index (χ0v) is 11.6. The number of nitrogens with zero attached hydrogens (tertiary/aromatic N) is 2. The first-order valence-electron chi connectivity index (χ1n) is 6.46. The SMILES string of the molecule is Cc1ccc(N(C[C@H]2COC(N)=N2)C(C)C)c(F)c1. The lowest BCUT2D eigenvalue weighted by Gasteiger charge is -2.30. The van der Waals surface area contributed by atoms with Crippen LogP contribution in [0, 0.1) is 12.7 Å². The van der Waals surface area contributed by atoms with Crippen molar-refractivity contribution in [2.45, 2.75) is 32.9 Å². The zero-order valence-electron chi connectivity index (χ0n) is 11.6. The van der Waals surface area contributed by atoms with Crippen LogP contribution in [0.25, 0.3) is 0 Å². The van der Waals surface area contributed by atoms with E-state index in [1.807, 2.05) is 37.8 Å². The molecule has 0 bridgehead atoms. The lowest BCUT2D eigenvalue weighted by molar-refractivity contribution is 0.312. The van der Waals surface area contributed by atoms with Gasteiger partial charge in [0.15, 0.2) is 0 Å². The van der Waals surface area contributed by atoms with Crippen molar-refractivity contribution in [3.8, 4) is 0 Å². The third-order valence-electron chi connectivity index (χ3n) is 3.18. The Balaban J connectivity index is 2.20. The van der Waals surface area contributed by atoms with Crippen LogP contribution in [0.2, 0.25) is 0 Å². The fraction of sp³-hybridized carbons (Fsp3) is 0.500. The number of nitrogens with two attached hydrogens (primary N) is 1. The van der Waals surface area contributed by atoms with Gasteiger partial charge >= 0.3 is 0 Å². The number of aryl methyl sites for hydroxylation is 1. The van der Waals surface area contributed by atoms with E-state index in [0.29, 0.717) is 18.8 Å². The Morgan fingerprint density at radius 2 is 2.26 bits per heavy atom. The molecule has 1 aliphatic rings. The van der Waals surface area contributed by atoms with E-state index in [9.17, 15) is 4.39 Å². The maximum Gasteiger partial charge on any atom is 0.282 e. The Hall–Kier alpha value is -1.78. The minimum atomic E-state index is -0.204. The molecule has 2 rings (SSSR count). The van der Waals surface area contributed by atoms with Gasteiger partial charge < -0.3 is 15.4 Å². The lowest BCUT2D eigenvalue weighted by atomic mass is 10.1. The van der Waals surface area contributed by atoms with Crippen molar-refractivity contribution < 1.29 is 9.13 Å². The van der Waals surface area contributed by atoms with Crippen molar-refractivity contribution in [1.29, 1.82) is 0 Å². The Morgan fingerprint density at radius 3 is 2.79 bits per heavy atom. The van der Waals surface area contributed by atoms with Crippen molar-refractivity contribution in [2.24, 2.45) is 10.7 Å². The summed E-state index contributed by atoms with van der Waals surface area (Å²) in [5.74, 6) is -0.204. The van der Waals surface area contributed by atoms with Gasteiger partial charge in [0.05, 0.1) is 5.69 Å². The van der Waals surface area contributed by atoms with Gasteiger partial charge in [-0.1, -0.05) is 6.07 Å². The first-order chi connectivity index (χ1) is 8.97. The maximum absolute atomic E-state index is 14.1. The highest BCUT2D eigenvalue weighted by Crippen LogP contribution is 2.23. The Bertz CT molecular complexity index is 488. The number of aliphatic imine (C=N–C) groups is 1. The van der Waals surface area contributed by atoms with Crippen LogP contribution in [0.1, 0.15) is 19.4 Å². The molecule has 0 unspecified atom stereocenters.